The van der Waals surface area contributed by atoms with E-state index in [4.69, 9.17) is 9.47 Å². The fourth-order valence-electron chi connectivity index (χ4n) is 3.04. The molecule has 154 valence electrons. The summed E-state index contributed by atoms with van der Waals surface area (Å²) >= 11 is 0. The largest absolute Gasteiger partial charge is 0.497 e. The first-order valence-corrected chi connectivity index (χ1v) is 9.26. The van der Waals surface area contributed by atoms with E-state index in [0.29, 0.717) is 17.0 Å². The number of ether oxygens (including phenoxy) is 2. The highest BCUT2D eigenvalue weighted by molar-refractivity contribution is 5.98. The van der Waals surface area contributed by atoms with Crippen LogP contribution < -0.4 is 10.1 Å². The maximum absolute atomic E-state index is 12.4. The van der Waals surface area contributed by atoms with Crippen LogP contribution in [0.2, 0.25) is 0 Å². The van der Waals surface area contributed by atoms with Gasteiger partial charge in [-0.15, -0.1) is 0 Å². The van der Waals surface area contributed by atoms with Crippen molar-refractivity contribution in [2.24, 2.45) is 0 Å². The van der Waals surface area contributed by atoms with Crippen LogP contribution in [-0.2, 0) is 9.53 Å². The summed E-state index contributed by atoms with van der Waals surface area (Å²) in [5.74, 6) is -0.424. The fourth-order valence-corrected chi connectivity index (χ4v) is 3.04. The molecular formula is C22H17N5O4. The fraction of sp³-hybridized carbons (Fsp3) is 0.0909. The lowest BCUT2D eigenvalue weighted by Crippen LogP contribution is -2.23. The topological polar surface area (TPSA) is 122 Å². The Labute approximate surface area is 176 Å². The number of methoxy groups -OCH3 is 1. The molecule has 0 atom stereocenters. The normalized spacial score (nSPS) is 10.5. The van der Waals surface area contributed by atoms with E-state index in [1.807, 2.05) is 30.3 Å². The van der Waals surface area contributed by atoms with Crippen LogP contribution >= 0.6 is 0 Å². The van der Waals surface area contributed by atoms with Gasteiger partial charge in [-0.05, 0) is 30.3 Å². The van der Waals surface area contributed by atoms with Crippen molar-refractivity contribution in [3.63, 3.8) is 0 Å². The Balaban J connectivity index is 1.45. The number of rotatable bonds is 6. The first-order valence-electron chi connectivity index (χ1n) is 9.26. The second kappa shape index (κ2) is 8.42. The van der Waals surface area contributed by atoms with Crippen molar-refractivity contribution in [3.8, 4) is 17.5 Å². The number of nitrogens with zero attached hydrogens (tertiary/aromatic N) is 3. The van der Waals surface area contributed by atoms with Crippen LogP contribution in [0.3, 0.4) is 0 Å². The van der Waals surface area contributed by atoms with Crippen molar-refractivity contribution >= 4 is 28.6 Å². The third-order valence-corrected chi connectivity index (χ3v) is 4.53. The number of hydrogen-bond donors (Lipinski definition) is 2. The van der Waals surface area contributed by atoms with Gasteiger partial charge >= 0.3 is 5.97 Å². The van der Waals surface area contributed by atoms with Crippen LogP contribution in [-0.4, -0.2) is 40.4 Å². The number of nitrogens with one attached hydrogen (secondary N) is 2. The Morgan fingerprint density at radius 2 is 2.00 bits per heavy atom. The number of H-pyrrole nitrogens is 1. The molecule has 2 heterocycles. The molecule has 0 spiro atoms. The van der Waals surface area contributed by atoms with Crippen LogP contribution in [0.25, 0.3) is 16.6 Å². The summed E-state index contributed by atoms with van der Waals surface area (Å²) in [6.45, 7) is -0.525. The molecule has 0 aliphatic rings. The number of hydrogen-bond acceptors (Lipinski definition) is 6. The lowest BCUT2D eigenvalue weighted by Gasteiger charge is -2.09. The van der Waals surface area contributed by atoms with Crippen molar-refractivity contribution < 1.29 is 19.1 Å². The van der Waals surface area contributed by atoms with E-state index in [0.717, 1.165) is 5.39 Å². The van der Waals surface area contributed by atoms with E-state index in [2.05, 4.69) is 15.4 Å². The Kier molecular flexibility index (Phi) is 5.36. The number of aromatic amines is 1. The third kappa shape index (κ3) is 4.09. The number of esters is 1. The van der Waals surface area contributed by atoms with E-state index >= 15 is 0 Å². The lowest BCUT2D eigenvalue weighted by molar-refractivity contribution is -0.119. The minimum absolute atomic E-state index is 0.188. The van der Waals surface area contributed by atoms with Crippen molar-refractivity contribution in [2.75, 3.05) is 19.0 Å². The minimum Gasteiger partial charge on any atom is -0.497 e. The van der Waals surface area contributed by atoms with Crippen LogP contribution in [0.5, 0.6) is 5.75 Å². The summed E-state index contributed by atoms with van der Waals surface area (Å²) in [5, 5.41) is 16.9. The maximum atomic E-state index is 12.4. The van der Waals surface area contributed by atoms with E-state index in [1.165, 1.54) is 10.9 Å². The molecule has 9 heteroatoms. The number of benzene rings is 2. The molecule has 2 aromatic carbocycles. The van der Waals surface area contributed by atoms with E-state index in [1.54, 1.807) is 37.4 Å². The average molecular weight is 415 g/mol. The molecule has 0 aliphatic heterocycles. The molecule has 4 aromatic rings. The number of aromatic nitrogens is 3. The Hall–Kier alpha value is -4.58. The molecule has 0 fully saturated rings. The predicted molar refractivity (Wildman–Crippen MR) is 112 cm³/mol. The van der Waals surface area contributed by atoms with Crippen LogP contribution in [0.1, 0.15) is 16.1 Å². The number of amides is 1. The smallest absolute Gasteiger partial charge is 0.355 e. The molecule has 31 heavy (non-hydrogen) atoms. The SMILES string of the molecule is COc1ccc2cc(C(=O)OCC(=O)Nc3c(C#N)cnn3-c3ccccc3)[nH]c2c1. The lowest BCUT2D eigenvalue weighted by atomic mass is 10.2. The monoisotopic (exact) mass is 415 g/mol. The molecule has 0 saturated carbocycles. The number of nitriles is 1. The summed E-state index contributed by atoms with van der Waals surface area (Å²) in [7, 11) is 1.55. The number of carbonyl (C=O) groups is 2. The van der Waals surface area contributed by atoms with Crippen LogP contribution in [0, 0.1) is 11.3 Å². The summed E-state index contributed by atoms with van der Waals surface area (Å²) < 4.78 is 11.7. The van der Waals surface area contributed by atoms with Gasteiger partial charge in [0.2, 0.25) is 0 Å². The summed E-state index contributed by atoms with van der Waals surface area (Å²) in [6.07, 6.45) is 1.35. The second-order valence-electron chi connectivity index (χ2n) is 6.53. The van der Waals surface area contributed by atoms with Crippen molar-refractivity contribution in [1.29, 1.82) is 5.26 Å². The van der Waals surface area contributed by atoms with Gasteiger partial charge in [0, 0.05) is 17.0 Å². The number of para-hydroxylation sites is 1. The van der Waals surface area contributed by atoms with Crippen molar-refractivity contribution in [1.82, 2.24) is 14.8 Å². The van der Waals surface area contributed by atoms with Crippen molar-refractivity contribution in [2.45, 2.75) is 0 Å². The van der Waals surface area contributed by atoms with Crippen molar-refractivity contribution in [3.05, 3.63) is 72.1 Å². The van der Waals surface area contributed by atoms with Gasteiger partial charge in [0.25, 0.3) is 5.91 Å². The van der Waals surface area contributed by atoms with E-state index < -0.39 is 18.5 Å². The number of carbonyl (C=O) groups excluding carboxylic acids is 2. The first kappa shape index (κ1) is 19.7. The van der Waals surface area contributed by atoms with E-state index in [9.17, 15) is 14.9 Å². The van der Waals surface area contributed by atoms with Crippen LogP contribution in [0.4, 0.5) is 5.82 Å². The summed E-state index contributed by atoms with van der Waals surface area (Å²) in [6, 6.07) is 18.0. The number of fused-ring (bicyclic) bond motifs is 1. The van der Waals surface area contributed by atoms with Gasteiger partial charge in [-0.1, -0.05) is 18.2 Å². The minimum atomic E-state index is -0.678. The van der Waals surface area contributed by atoms with Gasteiger partial charge in [0.05, 0.1) is 19.0 Å². The molecule has 0 bridgehead atoms. The summed E-state index contributed by atoms with van der Waals surface area (Å²) in [5.41, 5.74) is 1.78. The highest BCUT2D eigenvalue weighted by Crippen LogP contribution is 2.22. The van der Waals surface area contributed by atoms with Gasteiger partial charge in [-0.25, -0.2) is 9.48 Å². The third-order valence-electron chi connectivity index (χ3n) is 4.53. The Bertz CT molecular complexity index is 1300. The molecule has 4 rings (SSSR count). The van der Waals surface area contributed by atoms with Gasteiger partial charge in [0.15, 0.2) is 12.4 Å². The molecule has 0 radical (unpaired) electrons. The molecular weight excluding hydrogens is 398 g/mol. The van der Waals surface area contributed by atoms with Crippen LogP contribution in [0.15, 0.2) is 60.8 Å². The molecule has 0 aliphatic carbocycles. The molecule has 2 N–H and O–H groups in total. The molecule has 0 unspecified atom stereocenters. The van der Waals surface area contributed by atoms with Gasteiger partial charge in [-0.3, -0.25) is 4.79 Å². The zero-order chi connectivity index (χ0) is 21.8. The summed E-state index contributed by atoms with van der Waals surface area (Å²) in [4.78, 5) is 27.7. The first-order chi connectivity index (χ1) is 15.1. The van der Waals surface area contributed by atoms with Gasteiger partial charge < -0.3 is 19.8 Å². The standard InChI is InChI=1S/C22H17N5O4/c1-30-17-8-7-14-9-19(25-18(14)10-17)22(29)31-13-20(28)26-21-15(11-23)12-24-27(21)16-5-3-2-4-6-16/h2-10,12,25H,13H2,1H3,(H,26,28). The Morgan fingerprint density at radius 1 is 1.19 bits per heavy atom. The van der Waals surface area contributed by atoms with Gasteiger partial charge in [-0.2, -0.15) is 10.4 Å². The Morgan fingerprint density at radius 3 is 2.74 bits per heavy atom. The maximum Gasteiger partial charge on any atom is 0.355 e. The molecule has 0 saturated heterocycles. The molecule has 1 amide bonds. The highest BCUT2D eigenvalue weighted by atomic mass is 16.5. The number of anilines is 1. The van der Waals surface area contributed by atoms with Gasteiger partial charge in [0.1, 0.15) is 23.1 Å². The second-order valence-corrected chi connectivity index (χ2v) is 6.53. The highest BCUT2D eigenvalue weighted by Gasteiger charge is 2.17. The quantitative estimate of drug-likeness (QED) is 0.467. The predicted octanol–water partition coefficient (Wildman–Crippen LogP) is 3.03. The van der Waals surface area contributed by atoms with E-state index in [-0.39, 0.29) is 17.1 Å². The average Bonchev–Trinajstić information content (AvgIpc) is 3.41. The molecule has 9 nitrogen and oxygen atoms in total. The zero-order valence-corrected chi connectivity index (χ0v) is 16.5. The zero-order valence-electron chi connectivity index (χ0n) is 16.5. The molecule has 2 aromatic heterocycles.